The van der Waals surface area contributed by atoms with Gasteiger partial charge in [0.05, 0.1) is 0 Å². The van der Waals surface area contributed by atoms with E-state index < -0.39 is 9.84 Å². The fourth-order valence-corrected chi connectivity index (χ4v) is 2.92. The Hall–Kier alpha value is -0.940. The molecule has 0 saturated carbocycles. The summed E-state index contributed by atoms with van der Waals surface area (Å²) in [6, 6.07) is 6.78. The lowest BCUT2D eigenvalue weighted by Crippen LogP contribution is -2.25. The molecule has 1 N–H and O–H groups in total. The third-order valence-corrected chi connectivity index (χ3v) is 4.31. The van der Waals surface area contributed by atoms with Crippen LogP contribution in [0.3, 0.4) is 0 Å². The first-order valence-corrected chi connectivity index (χ1v) is 9.10. The van der Waals surface area contributed by atoms with Crippen LogP contribution < -0.4 is 5.32 Å². The molecule has 0 radical (unpaired) electrons. The SMILES string of the molecule is CCNCC(CCCS(C)(=O)=O)Cc1ccccc1F. The molecule has 1 rings (SSSR count). The van der Waals surface area contributed by atoms with Crippen LogP contribution in [0.1, 0.15) is 25.3 Å². The summed E-state index contributed by atoms with van der Waals surface area (Å²) in [5, 5.41) is 3.26. The number of halogens is 1. The van der Waals surface area contributed by atoms with Crippen LogP contribution in [0.15, 0.2) is 24.3 Å². The van der Waals surface area contributed by atoms with E-state index in [1.807, 2.05) is 13.0 Å². The van der Waals surface area contributed by atoms with Crippen molar-refractivity contribution in [3.8, 4) is 0 Å². The molecule has 0 aliphatic heterocycles. The fourth-order valence-electron chi connectivity index (χ4n) is 2.23. The zero-order valence-electron chi connectivity index (χ0n) is 12.2. The fraction of sp³-hybridized carbons (Fsp3) is 0.600. The molecule has 0 fully saturated rings. The van der Waals surface area contributed by atoms with Gasteiger partial charge in [-0.05, 0) is 49.9 Å². The first-order valence-electron chi connectivity index (χ1n) is 7.04. The summed E-state index contributed by atoms with van der Waals surface area (Å²) in [7, 11) is -2.92. The van der Waals surface area contributed by atoms with Gasteiger partial charge in [-0.15, -0.1) is 0 Å². The molecule has 0 amide bonds. The van der Waals surface area contributed by atoms with E-state index >= 15 is 0 Å². The minimum atomic E-state index is -2.92. The summed E-state index contributed by atoms with van der Waals surface area (Å²) in [6.07, 6.45) is 3.31. The molecular weight excluding hydrogens is 277 g/mol. The van der Waals surface area contributed by atoms with Crippen molar-refractivity contribution in [3.63, 3.8) is 0 Å². The number of nitrogens with one attached hydrogen (secondary N) is 1. The Kier molecular flexibility index (Phi) is 7.16. The topological polar surface area (TPSA) is 46.2 Å². The highest BCUT2D eigenvalue weighted by atomic mass is 32.2. The van der Waals surface area contributed by atoms with Crippen molar-refractivity contribution in [2.24, 2.45) is 5.92 Å². The van der Waals surface area contributed by atoms with Gasteiger partial charge in [0.25, 0.3) is 0 Å². The van der Waals surface area contributed by atoms with E-state index in [4.69, 9.17) is 0 Å². The molecule has 0 heterocycles. The summed E-state index contributed by atoms with van der Waals surface area (Å²) in [4.78, 5) is 0. The minimum Gasteiger partial charge on any atom is -0.317 e. The Morgan fingerprint density at radius 1 is 1.30 bits per heavy atom. The maximum absolute atomic E-state index is 13.7. The van der Waals surface area contributed by atoms with Gasteiger partial charge in [0.15, 0.2) is 0 Å². The van der Waals surface area contributed by atoms with E-state index in [1.165, 1.54) is 12.3 Å². The molecule has 3 nitrogen and oxygen atoms in total. The third-order valence-electron chi connectivity index (χ3n) is 3.28. The average molecular weight is 301 g/mol. The van der Waals surface area contributed by atoms with Gasteiger partial charge in [0.2, 0.25) is 0 Å². The van der Waals surface area contributed by atoms with Crippen molar-refractivity contribution in [3.05, 3.63) is 35.6 Å². The van der Waals surface area contributed by atoms with E-state index in [0.717, 1.165) is 19.5 Å². The summed E-state index contributed by atoms with van der Waals surface area (Å²) in [6.45, 7) is 3.67. The van der Waals surface area contributed by atoms with Crippen LogP contribution >= 0.6 is 0 Å². The van der Waals surface area contributed by atoms with Gasteiger partial charge in [-0.1, -0.05) is 25.1 Å². The monoisotopic (exact) mass is 301 g/mol. The molecule has 1 atom stereocenters. The molecule has 0 spiro atoms. The van der Waals surface area contributed by atoms with Crippen LogP contribution in [0.4, 0.5) is 4.39 Å². The van der Waals surface area contributed by atoms with Crippen LogP contribution in [-0.2, 0) is 16.3 Å². The van der Waals surface area contributed by atoms with Crippen molar-refractivity contribution in [2.45, 2.75) is 26.2 Å². The molecule has 1 aromatic carbocycles. The number of benzene rings is 1. The Balaban J connectivity index is 2.57. The smallest absolute Gasteiger partial charge is 0.147 e. The van der Waals surface area contributed by atoms with Gasteiger partial charge >= 0.3 is 0 Å². The molecule has 0 aliphatic rings. The van der Waals surface area contributed by atoms with Crippen molar-refractivity contribution in [2.75, 3.05) is 25.1 Å². The molecule has 5 heteroatoms. The van der Waals surface area contributed by atoms with Gasteiger partial charge < -0.3 is 5.32 Å². The highest BCUT2D eigenvalue weighted by molar-refractivity contribution is 7.90. The van der Waals surface area contributed by atoms with Crippen molar-refractivity contribution < 1.29 is 12.8 Å². The maximum atomic E-state index is 13.7. The predicted octanol–water partition coefficient (Wildman–Crippen LogP) is 2.42. The van der Waals surface area contributed by atoms with Gasteiger partial charge in [-0.25, -0.2) is 12.8 Å². The number of sulfone groups is 1. The summed E-state index contributed by atoms with van der Waals surface area (Å²) < 4.78 is 36.0. The van der Waals surface area contributed by atoms with Crippen molar-refractivity contribution in [1.82, 2.24) is 5.32 Å². The average Bonchev–Trinajstić information content (AvgIpc) is 2.36. The number of rotatable bonds is 9. The zero-order valence-corrected chi connectivity index (χ0v) is 13.0. The maximum Gasteiger partial charge on any atom is 0.147 e. The summed E-state index contributed by atoms with van der Waals surface area (Å²) in [5.41, 5.74) is 0.703. The summed E-state index contributed by atoms with van der Waals surface area (Å²) in [5.74, 6) is 0.276. The van der Waals surface area contributed by atoms with Crippen LogP contribution in [0.25, 0.3) is 0 Å². The van der Waals surface area contributed by atoms with Crippen LogP contribution in [-0.4, -0.2) is 33.5 Å². The first kappa shape index (κ1) is 17.1. The lowest BCUT2D eigenvalue weighted by Gasteiger charge is -2.17. The molecule has 0 aromatic heterocycles. The molecule has 0 bridgehead atoms. The number of hydrogen-bond donors (Lipinski definition) is 1. The molecular formula is C15H24FNO2S. The zero-order chi connectivity index (χ0) is 15.0. The van der Waals surface area contributed by atoms with E-state index in [-0.39, 0.29) is 17.5 Å². The van der Waals surface area contributed by atoms with E-state index in [1.54, 1.807) is 12.1 Å². The van der Waals surface area contributed by atoms with Crippen molar-refractivity contribution in [1.29, 1.82) is 0 Å². The van der Waals surface area contributed by atoms with Crippen LogP contribution in [0, 0.1) is 11.7 Å². The lowest BCUT2D eigenvalue weighted by molar-refractivity contribution is 0.436. The molecule has 1 unspecified atom stereocenters. The lowest BCUT2D eigenvalue weighted by atomic mass is 9.94. The number of hydrogen-bond acceptors (Lipinski definition) is 3. The minimum absolute atomic E-state index is 0.183. The second-order valence-electron chi connectivity index (χ2n) is 5.24. The molecule has 0 saturated heterocycles. The molecule has 114 valence electrons. The normalized spacial score (nSPS) is 13.3. The molecule has 1 aromatic rings. The Morgan fingerprint density at radius 3 is 2.60 bits per heavy atom. The highest BCUT2D eigenvalue weighted by Crippen LogP contribution is 2.17. The first-order chi connectivity index (χ1) is 9.42. The molecule has 20 heavy (non-hydrogen) atoms. The van der Waals surface area contributed by atoms with Gasteiger partial charge in [-0.3, -0.25) is 0 Å². The largest absolute Gasteiger partial charge is 0.317 e. The Bertz CT molecular complexity index is 502. The highest BCUT2D eigenvalue weighted by Gasteiger charge is 2.13. The van der Waals surface area contributed by atoms with Gasteiger partial charge in [0.1, 0.15) is 15.7 Å². The quantitative estimate of drug-likeness (QED) is 0.762. The van der Waals surface area contributed by atoms with Gasteiger partial charge in [-0.2, -0.15) is 0 Å². The van der Waals surface area contributed by atoms with E-state index in [9.17, 15) is 12.8 Å². The van der Waals surface area contributed by atoms with Gasteiger partial charge in [0, 0.05) is 12.0 Å². The van der Waals surface area contributed by atoms with Crippen molar-refractivity contribution >= 4 is 9.84 Å². The van der Waals surface area contributed by atoms with E-state index in [0.29, 0.717) is 18.4 Å². The Labute approximate surface area is 121 Å². The standard InChI is InChI=1S/C15H24FNO2S/c1-3-17-12-13(7-6-10-20(2,18)19)11-14-8-4-5-9-15(14)16/h4-5,8-9,13,17H,3,6-7,10-12H2,1-2H3. The second-order valence-corrected chi connectivity index (χ2v) is 7.50. The van der Waals surface area contributed by atoms with E-state index in [2.05, 4.69) is 5.32 Å². The third kappa shape index (κ3) is 7.01. The van der Waals surface area contributed by atoms with Crippen LogP contribution in [0.2, 0.25) is 0 Å². The molecule has 0 aliphatic carbocycles. The Morgan fingerprint density at radius 2 is 2.00 bits per heavy atom. The predicted molar refractivity (Wildman–Crippen MR) is 81.1 cm³/mol. The van der Waals surface area contributed by atoms with Crippen LogP contribution in [0.5, 0.6) is 0 Å². The second kappa shape index (κ2) is 8.37. The summed E-state index contributed by atoms with van der Waals surface area (Å²) >= 11 is 0.